The Morgan fingerprint density at radius 3 is 2.63 bits per heavy atom. The van der Waals surface area contributed by atoms with Crippen LogP contribution in [0.5, 0.6) is 0 Å². The molecule has 1 N–H and O–H groups in total. The van der Waals surface area contributed by atoms with Gasteiger partial charge in [0.25, 0.3) is 0 Å². The molecule has 5 nitrogen and oxygen atoms in total. The van der Waals surface area contributed by atoms with Crippen molar-refractivity contribution in [1.82, 2.24) is 19.7 Å². The minimum atomic E-state index is -0.146. The predicted octanol–water partition coefficient (Wildman–Crippen LogP) is 3.45. The molecule has 0 aliphatic carbocycles. The second kappa shape index (κ2) is 4.96. The summed E-state index contributed by atoms with van der Waals surface area (Å²) in [5.41, 5.74) is 0.617. The minimum Gasteiger partial charge on any atom is -0.367 e. The topological polar surface area (TPSA) is 55.6 Å². The normalized spacial score (nSPS) is 13.8. The Bertz CT molecular complexity index is 584. The summed E-state index contributed by atoms with van der Waals surface area (Å²) in [6.45, 7) is 10.5. The van der Waals surface area contributed by atoms with Crippen molar-refractivity contribution in [3.8, 4) is 0 Å². The molecule has 0 bridgehead atoms. The zero-order chi connectivity index (χ0) is 14.2. The molecule has 2 aromatic heterocycles. The molecule has 104 valence electrons. The van der Waals surface area contributed by atoms with Crippen molar-refractivity contribution in [2.75, 3.05) is 5.32 Å². The fraction of sp³-hybridized carbons (Fsp3) is 0.615. The lowest BCUT2D eigenvalue weighted by molar-refractivity contribution is 0.366. The van der Waals surface area contributed by atoms with Crippen molar-refractivity contribution in [2.24, 2.45) is 0 Å². The molecule has 2 rings (SSSR count). The van der Waals surface area contributed by atoms with Crippen molar-refractivity contribution in [3.05, 3.63) is 11.5 Å². The van der Waals surface area contributed by atoms with Crippen LogP contribution in [-0.2, 0) is 5.54 Å². The van der Waals surface area contributed by atoms with E-state index in [1.165, 1.54) is 0 Å². The Hall–Kier alpha value is -1.36. The van der Waals surface area contributed by atoms with Gasteiger partial charge in [0, 0.05) is 6.04 Å². The molecular formula is C13H20ClN5. The lowest BCUT2D eigenvalue weighted by atomic mass is 10.1. The van der Waals surface area contributed by atoms with E-state index in [9.17, 15) is 0 Å². The highest BCUT2D eigenvalue weighted by atomic mass is 35.5. The van der Waals surface area contributed by atoms with Crippen molar-refractivity contribution in [1.29, 1.82) is 0 Å². The summed E-state index contributed by atoms with van der Waals surface area (Å²) >= 11 is 6.03. The molecule has 6 heteroatoms. The predicted molar refractivity (Wildman–Crippen MR) is 78.7 cm³/mol. The van der Waals surface area contributed by atoms with Gasteiger partial charge in [-0.2, -0.15) is 15.1 Å². The van der Waals surface area contributed by atoms with E-state index in [4.69, 9.17) is 11.6 Å². The first kappa shape index (κ1) is 14.1. The van der Waals surface area contributed by atoms with E-state index in [0.717, 1.165) is 23.3 Å². The molecule has 2 heterocycles. The smallest absolute Gasteiger partial charge is 0.226 e. The van der Waals surface area contributed by atoms with Gasteiger partial charge in [0.05, 0.1) is 17.1 Å². The number of hydrogen-bond donors (Lipinski definition) is 1. The van der Waals surface area contributed by atoms with Crippen LogP contribution in [0.2, 0.25) is 5.28 Å². The molecule has 19 heavy (non-hydrogen) atoms. The molecule has 1 unspecified atom stereocenters. The summed E-state index contributed by atoms with van der Waals surface area (Å²) in [5.74, 6) is 0.750. The molecule has 0 amide bonds. The third-order valence-electron chi connectivity index (χ3n) is 3.03. The van der Waals surface area contributed by atoms with Crippen LogP contribution in [-0.4, -0.2) is 25.8 Å². The minimum absolute atomic E-state index is 0.146. The summed E-state index contributed by atoms with van der Waals surface area (Å²) in [4.78, 5) is 8.59. The molecule has 0 spiro atoms. The van der Waals surface area contributed by atoms with E-state index in [1.807, 2.05) is 4.68 Å². The average Bonchev–Trinajstić information content (AvgIpc) is 2.71. The maximum absolute atomic E-state index is 6.03. The zero-order valence-corrected chi connectivity index (χ0v) is 12.8. The monoisotopic (exact) mass is 281 g/mol. The molecule has 2 aromatic rings. The van der Waals surface area contributed by atoms with Gasteiger partial charge in [-0.1, -0.05) is 6.92 Å². The number of hydrogen-bond acceptors (Lipinski definition) is 4. The van der Waals surface area contributed by atoms with Gasteiger partial charge in [-0.15, -0.1) is 0 Å². The van der Waals surface area contributed by atoms with Crippen molar-refractivity contribution in [3.63, 3.8) is 0 Å². The van der Waals surface area contributed by atoms with Crippen LogP contribution in [0.15, 0.2) is 6.20 Å². The lowest BCUT2D eigenvalue weighted by Crippen LogP contribution is -2.23. The average molecular weight is 282 g/mol. The number of nitrogens with one attached hydrogen (secondary N) is 1. The third-order valence-corrected chi connectivity index (χ3v) is 3.20. The first-order valence-electron chi connectivity index (χ1n) is 6.51. The summed E-state index contributed by atoms with van der Waals surface area (Å²) in [6.07, 6.45) is 2.80. The molecule has 0 fully saturated rings. The molecule has 0 radical (unpaired) electrons. The second-order valence-electron chi connectivity index (χ2n) is 5.76. The molecule has 0 saturated carbocycles. The van der Waals surface area contributed by atoms with E-state index >= 15 is 0 Å². The number of aromatic nitrogens is 4. The Morgan fingerprint density at radius 2 is 2.05 bits per heavy atom. The van der Waals surface area contributed by atoms with Gasteiger partial charge in [0.1, 0.15) is 5.82 Å². The standard InChI is InChI=1S/C13H20ClN5/c1-6-8(2)16-10-9-7-15-19(13(3,4)5)11(9)18-12(14)17-10/h7-8H,6H2,1-5H3,(H,16,17,18). The second-order valence-corrected chi connectivity index (χ2v) is 6.10. The number of halogens is 1. The molecule has 0 aromatic carbocycles. The first-order chi connectivity index (χ1) is 8.82. The fourth-order valence-corrected chi connectivity index (χ4v) is 1.98. The van der Waals surface area contributed by atoms with Gasteiger partial charge < -0.3 is 5.32 Å². The van der Waals surface area contributed by atoms with Crippen LogP contribution >= 0.6 is 11.6 Å². The van der Waals surface area contributed by atoms with Crippen molar-refractivity contribution < 1.29 is 0 Å². The van der Waals surface area contributed by atoms with Gasteiger partial charge in [0.15, 0.2) is 5.65 Å². The highest BCUT2D eigenvalue weighted by molar-refractivity contribution is 6.28. The van der Waals surface area contributed by atoms with Crippen LogP contribution in [0.25, 0.3) is 11.0 Å². The number of rotatable bonds is 3. The van der Waals surface area contributed by atoms with Crippen molar-refractivity contribution >= 4 is 28.5 Å². The van der Waals surface area contributed by atoms with Crippen LogP contribution in [0.1, 0.15) is 41.0 Å². The maximum Gasteiger partial charge on any atom is 0.226 e. The summed E-state index contributed by atoms with van der Waals surface area (Å²) < 4.78 is 1.87. The van der Waals surface area contributed by atoms with Gasteiger partial charge >= 0.3 is 0 Å². The quantitative estimate of drug-likeness (QED) is 0.876. The maximum atomic E-state index is 6.03. The third kappa shape index (κ3) is 2.81. The summed E-state index contributed by atoms with van der Waals surface area (Å²) in [7, 11) is 0. The SMILES string of the molecule is CCC(C)Nc1nc(Cl)nc2c1cnn2C(C)(C)C. The molecular weight excluding hydrogens is 262 g/mol. The van der Waals surface area contributed by atoms with Crippen molar-refractivity contribution in [2.45, 2.75) is 52.6 Å². The van der Waals surface area contributed by atoms with Crippen LogP contribution in [0.3, 0.4) is 0 Å². The highest BCUT2D eigenvalue weighted by Gasteiger charge is 2.20. The van der Waals surface area contributed by atoms with Gasteiger partial charge in [-0.25, -0.2) is 4.68 Å². The van der Waals surface area contributed by atoms with E-state index in [0.29, 0.717) is 6.04 Å². The first-order valence-corrected chi connectivity index (χ1v) is 6.89. The lowest BCUT2D eigenvalue weighted by Gasteiger charge is -2.20. The Labute approximate surface area is 118 Å². The molecule has 0 saturated heterocycles. The van der Waals surface area contributed by atoms with Gasteiger partial charge in [0.2, 0.25) is 5.28 Å². The fourth-order valence-electron chi connectivity index (χ4n) is 1.82. The summed E-state index contributed by atoms with van der Waals surface area (Å²) in [5, 5.41) is 8.91. The molecule has 0 aliphatic rings. The zero-order valence-electron chi connectivity index (χ0n) is 12.0. The Kier molecular flexibility index (Phi) is 3.67. The highest BCUT2D eigenvalue weighted by Crippen LogP contribution is 2.26. The van der Waals surface area contributed by atoms with E-state index in [1.54, 1.807) is 6.20 Å². The number of anilines is 1. The van der Waals surface area contributed by atoms with Gasteiger partial charge in [-0.05, 0) is 45.7 Å². The summed E-state index contributed by atoms with van der Waals surface area (Å²) in [6, 6.07) is 0.326. The van der Waals surface area contributed by atoms with E-state index in [-0.39, 0.29) is 10.8 Å². The van der Waals surface area contributed by atoms with Crippen LogP contribution in [0, 0.1) is 0 Å². The largest absolute Gasteiger partial charge is 0.367 e. The Balaban J connectivity index is 2.58. The number of fused-ring (bicyclic) bond motifs is 1. The van der Waals surface area contributed by atoms with Gasteiger partial charge in [-0.3, -0.25) is 0 Å². The van der Waals surface area contributed by atoms with Crippen LogP contribution < -0.4 is 5.32 Å². The van der Waals surface area contributed by atoms with E-state index in [2.05, 4.69) is 55.0 Å². The Morgan fingerprint density at radius 1 is 1.37 bits per heavy atom. The van der Waals surface area contributed by atoms with E-state index < -0.39 is 0 Å². The molecule has 1 atom stereocenters. The molecule has 0 aliphatic heterocycles. The number of nitrogens with zero attached hydrogens (tertiary/aromatic N) is 4. The van der Waals surface area contributed by atoms with Crippen LogP contribution in [0.4, 0.5) is 5.82 Å².